The highest BCUT2D eigenvalue weighted by atomic mass is 35.5. The van der Waals surface area contributed by atoms with Crippen LogP contribution in [0.2, 0.25) is 0 Å². The maximum Gasteiger partial charge on any atom is 0.305 e. The predicted molar refractivity (Wildman–Crippen MR) is 97.3 cm³/mol. The fraction of sp³-hybridized carbons (Fsp3) is 0.500. The Morgan fingerprint density at radius 2 is 2.12 bits per heavy atom. The van der Waals surface area contributed by atoms with Gasteiger partial charge in [-0.25, -0.2) is 0 Å². The minimum Gasteiger partial charge on any atom is -0.466 e. The Morgan fingerprint density at radius 1 is 1.33 bits per heavy atom. The molecule has 0 atom stereocenters. The lowest BCUT2D eigenvalue weighted by Gasteiger charge is -2.24. The van der Waals surface area contributed by atoms with Gasteiger partial charge < -0.3 is 4.74 Å². The third-order valence-corrected chi connectivity index (χ3v) is 4.28. The molecule has 1 aliphatic heterocycles. The molecule has 0 bridgehead atoms. The number of nitrogens with zero attached hydrogens (tertiary/aromatic N) is 2. The molecule has 2 rings (SSSR count). The van der Waals surface area contributed by atoms with Gasteiger partial charge in [-0.3, -0.25) is 14.8 Å². The summed E-state index contributed by atoms with van der Waals surface area (Å²) in [4.78, 5) is 11.4. The van der Waals surface area contributed by atoms with Crippen LogP contribution in [0, 0.1) is 6.92 Å². The van der Waals surface area contributed by atoms with Gasteiger partial charge in [0.1, 0.15) is 0 Å². The van der Waals surface area contributed by atoms with E-state index in [0.29, 0.717) is 18.9 Å². The molecule has 1 N–H and O–H groups in total. The fourth-order valence-corrected chi connectivity index (χ4v) is 2.97. The van der Waals surface area contributed by atoms with Crippen LogP contribution in [0.4, 0.5) is 5.69 Å². The maximum atomic E-state index is 11.4. The lowest BCUT2D eigenvalue weighted by molar-refractivity contribution is -0.143. The summed E-state index contributed by atoms with van der Waals surface area (Å²) in [5.41, 5.74) is 7.87. The Hall–Kier alpha value is -1.72. The Morgan fingerprint density at radius 3 is 2.83 bits per heavy atom. The highest BCUT2D eigenvalue weighted by Gasteiger charge is 2.20. The first-order chi connectivity index (χ1) is 11.5. The monoisotopic (exact) mass is 351 g/mol. The molecule has 0 amide bonds. The Labute approximate surface area is 149 Å². The number of unbranched alkanes of at least 4 members (excludes halogenated alkanes) is 1. The summed E-state index contributed by atoms with van der Waals surface area (Å²) in [6.07, 6.45) is 5.20. The van der Waals surface area contributed by atoms with Gasteiger partial charge in [0.05, 0.1) is 18.0 Å². The molecule has 0 aromatic heterocycles. The number of halogens is 1. The van der Waals surface area contributed by atoms with Crippen LogP contribution in [0.15, 0.2) is 30.1 Å². The number of nitrogens with one attached hydrogen (secondary N) is 1. The van der Waals surface area contributed by atoms with E-state index in [2.05, 4.69) is 41.9 Å². The van der Waals surface area contributed by atoms with E-state index in [1.807, 2.05) is 19.0 Å². The summed E-state index contributed by atoms with van der Waals surface area (Å²) in [5.74, 6) is 0.386. The van der Waals surface area contributed by atoms with Crippen molar-refractivity contribution in [2.75, 3.05) is 18.7 Å². The van der Waals surface area contributed by atoms with Gasteiger partial charge in [0.25, 0.3) is 0 Å². The third kappa shape index (κ3) is 4.89. The SMILES string of the molecule is CCOC(=O)CCCCC1=CN(C)NN1c1ccc(C)c(CCl)c1. The lowest BCUT2D eigenvalue weighted by Crippen LogP contribution is -2.38. The largest absolute Gasteiger partial charge is 0.466 e. The number of esters is 1. The minimum atomic E-state index is -0.115. The van der Waals surface area contributed by atoms with Crippen molar-refractivity contribution in [1.29, 1.82) is 0 Å². The van der Waals surface area contributed by atoms with Crippen LogP contribution in [0.5, 0.6) is 0 Å². The Balaban J connectivity index is 1.96. The zero-order valence-electron chi connectivity index (χ0n) is 14.6. The average molecular weight is 352 g/mol. The molecule has 132 valence electrons. The number of hydrazine groups is 2. The first-order valence-electron chi connectivity index (χ1n) is 8.36. The zero-order chi connectivity index (χ0) is 17.5. The predicted octanol–water partition coefficient (Wildman–Crippen LogP) is 3.87. The molecule has 1 aromatic rings. The molecule has 6 heteroatoms. The first kappa shape index (κ1) is 18.6. The van der Waals surface area contributed by atoms with Gasteiger partial charge >= 0.3 is 5.97 Å². The van der Waals surface area contributed by atoms with E-state index in [1.54, 1.807) is 0 Å². The van der Waals surface area contributed by atoms with Crippen molar-refractivity contribution >= 4 is 23.3 Å². The van der Waals surface area contributed by atoms with Crippen LogP contribution < -0.4 is 10.5 Å². The fourth-order valence-electron chi connectivity index (χ4n) is 2.68. The summed E-state index contributed by atoms with van der Waals surface area (Å²) in [7, 11) is 1.97. The van der Waals surface area contributed by atoms with E-state index in [4.69, 9.17) is 16.3 Å². The summed E-state index contributed by atoms with van der Waals surface area (Å²) >= 11 is 6.03. The van der Waals surface area contributed by atoms with Crippen molar-refractivity contribution in [3.05, 3.63) is 41.2 Å². The van der Waals surface area contributed by atoms with Crippen LogP contribution >= 0.6 is 11.6 Å². The van der Waals surface area contributed by atoms with E-state index in [1.165, 1.54) is 11.3 Å². The van der Waals surface area contributed by atoms with Gasteiger partial charge in [-0.15, -0.1) is 17.1 Å². The van der Waals surface area contributed by atoms with Crippen LogP contribution in [0.25, 0.3) is 0 Å². The molecule has 5 nitrogen and oxygen atoms in total. The highest BCUT2D eigenvalue weighted by Crippen LogP contribution is 2.27. The molecular formula is C18H26ClN3O2. The maximum absolute atomic E-state index is 11.4. The first-order valence-corrected chi connectivity index (χ1v) is 8.89. The van der Waals surface area contributed by atoms with Crippen molar-refractivity contribution in [3.8, 4) is 0 Å². The number of ether oxygens (including phenoxy) is 1. The van der Waals surface area contributed by atoms with Crippen molar-refractivity contribution in [2.24, 2.45) is 0 Å². The molecule has 24 heavy (non-hydrogen) atoms. The second kappa shape index (κ2) is 8.94. The number of rotatable bonds is 8. The number of alkyl halides is 1. The quantitative estimate of drug-likeness (QED) is 0.437. The van der Waals surface area contributed by atoms with Crippen molar-refractivity contribution in [3.63, 3.8) is 0 Å². The number of anilines is 1. The van der Waals surface area contributed by atoms with Crippen molar-refractivity contribution in [1.82, 2.24) is 10.5 Å². The van der Waals surface area contributed by atoms with E-state index < -0.39 is 0 Å². The second-order valence-electron chi connectivity index (χ2n) is 5.92. The number of allylic oxidation sites excluding steroid dienone is 1. The van der Waals surface area contributed by atoms with Crippen molar-refractivity contribution < 1.29 is 9.53 Å². The van der Waals surface area contributed by atoms with Crippen molar-refractivity contribution in [2.45, 2.75) is 45.4 Å². The van der Waals surface area contributed by atoms with Gasteiger partial charge in [0.2, 0.25) is 0 Å². The van der Waals surface area contributed by atoms with Gasteiger partial charge in [-0.2, -0.15) is 0 Å². The number of aryl methyl sites for hydroxylation is 1. The van der Waals surface area contributed by atoms with Gasteiger partial charge in [0, 0.05) is 25.5 Å². The average Bonchev–Trinajstić information content (AvgIpc) is 2.93. The second-order valence-corrected chi connectivity index (χ2v) is 6.19. The molecular weight excluding hydrogens is 326 g/mol. The number of benzene rings is 1. The smallest absolute Gasteiger partial charge is 0.305 e. The molecule has 0 fully saturated rings. The molecule has 0 saturated heterocycles. The number of carbonyl (C=O) groups excluding carboxylic acids is 1. The standard InChI is InChI=1S/C18H26ClN3O2/c1-4-24-18(23)8-6-5-7-17-13-21(3)20-22(17)16-10-9-14(2)15(11-16)12-19/h9-11,13,20H,4-8,12H2,1-3H3. The third-order valence-electron chi connectivity index (χ3n) is 3.99. The minimum absolute atomic E-state index is 0.115. The summed E-state index contributed by atoms with van der Waals surface area (Å²) in [6, 6.07) is 6.29. The van der Waals surface area contributed by atoms with E-state index in [0.717, 1.165) is 30.5 Å². The van der Waals surface area contributed by atoms with Crippen LogP contribution in [-0.4, -0.2) is 24.6 Å². The molecule has 0 aliphatic carbocycles. The lowest BCUT2D eigenvalue weighted by atomic mass is 10.1. The number of hydrogen-bond acceptors (Lipinski definition) is 5. The Bertz CT molecular complexity index is 604. The summed E-state index contributed by atoms with van der Waals surface area (Å²) < 4.78 is 4.96. The van der Waals surface area contributed by atoms with Crippen LogP contribution in [0.3, 0.4) is 0 Å². The molecule has 1 heterocycles. The van der Waals surface area contributed by atoms with Crippen LogP contribution in [-0.2, 0) is 15.4 Å². The molecule has 1 aliphatic rings. The molecule has 0 unspecified atom stereocenters. The van der Waals surface area contributed by atoms with E-state index in [9.17, 15) is 4.79 Å². The van der Waals surface area contributed by atoms with Gasteiger partial charge in [-0.05, 0) is 56.4 Å². The Kier molecular flexibility index (Phi) is 6.94. The van der Waals surface area contributed by atoms with Crippen LogP contribution in [0.1, 0.15) is 43.7 Å². The topological polar surface area (TPSA) is 44.8 Å². The molecule has 1 aromatic carbocycles. The van der Waals surface area contributed by atoms with Gasteiger partial charge in [-0.1, -0.05) is 6.07 Å². The normalized spacial score (nSPS) is 14.1. The zero-order valence-corrected chi connectivity index (χ0v) is 15.4. The highest BCUT2D eigenvalue weighted by molar-refractivity contribution is 6.17. The number of hydrogen-bond donors (Lipinski definition) is 1. The molecule has 0 saturated carbocycles. The summed E-state index contributed by atoms with van der Waals surface area (Å²) in [6.45, 7) is 4.34. The van der Waals surface area contributed by atoms with E-state index >= 15 is 0 Å². The molecule has 0 spiro atoms. The summed E-state index contributed by atoms with van der Waals surface area (Å²) in [5, 5.41) is 4.00. The number of carbonyl (C=O) groups is 1. The van der Waals surface area contributed by atoms with E-state index in [-0.39, 0.29) is 5.97 Å². The molecule has 0 radical (unpaired) electrons. The van der Waals surface area contributed by atoms with Gasteiger partial charge in [0.15, 0.2) is 0 Å².